The minimum Gasteiger partial charge on any atom is -0.352 e. The Kier molecular flexibility index (Phi) is 5.78. The molecule has 1 N–H and O–H groups in total. The standard InChI is InChI=1S/C16H19N7OS/c1-22-16(19-20-21-22)25-10-7-15(24)17-11-13-3-5-14(6-4-13)12-23-9-2-8-18-23/h2-6,8-9H,7,10-12H2,1H3,(H,17,24). The number of nitrogens with zero attached hydrogens (tertiary/aromatic N) is 6. The van der Waals surface area contributed by atoms with Crippen LogP contribution in [-0.4, -0.2) is 41.6 Å². The van der Waals surface area contributed by atoms with Crippen molar-refractivity contribution in [1.29, 1.82) is 0 Å². The maximum atomic E-state index is 11.9. The molecule has 8 nitrogen and oxygen atoms in total. The number of carbonyl (C=O) groups excluding carboxylic acids is 1. The van der Waals surface area contributed by atoms with E-state index in [9.17, 15) is 4.79 Å². The van der Waals surface area contributed by atoms with E-state index in [1.54, 1.807) is 17.9 Å². The molecule has 0 saturated carbocycles. The first kappa shape index (κ1) is 17.2. The van der Waals surface area contributed by atoms with Crippen molar-refractivity contribution in [3.63, 3.8) is 0 Å². The van der Waals surface area contributed by atoms with Gasteiger partial charge >= 0.3 is 0 Å². The lowest BCUT2D eigenvalue weighted by atomic mass is 10.1. The van der Waals surface area contributed by atoms with Crippen LogP contribution in [-0.2, 0) is 24.9 Å². The lowest BCUT2D eigenvalue weighted by Gasteiger charge is -2.07. The molecule has 3 aromatic rings. The van der Waals surface area contributed by atoms with Gasteiger partial charge in [0.2, 0.25) is 11.1 Å². The molecule has 0 aliphatic heterocycles. The maximum Gasteiger partial charge on any atom is 0.221 e. The molecule has 1 aromatic carbocycles. The summed E-state index contributed by atoms with van der Waals surface area (Å²) in [5.74, 6) is 0.659. The van der Waals surface area contributed by atoms with E-state index in [1.165, 1.54) is 17.3 Å². The fraction of sp³-hybridized carbons (Fsp3) is 0.312. The Balaban J connectivity index is 1.39. The average Bonchev–Trinajstić information content (AvgIpc) is 3.26. The topological polar surface area (TPSA) is 90.5 Å². The van der Waals surface area contributed by atoms with Gasteiger partial charge in [0.15, 0.2) is 0 Å². The number of carbonyl (C=O) groups is 1. The second-order valence-electron chi connectivity index (χ2n) is 5.48. The van der Waals surface area contributed by atoms with Crippen LogP contribution >= 0.6 is 11.8 Å². The largest absolute Gasteiger partial charge is 0.352 e. The summed E-state index contributed by atoms with van der Waals surface area (Å²) in [5.41, 5.74) is 2.25. The van der Waals surface area contributed by atoms with Crippen molar-refractivity contribution in [1.82, 2.24) is 35.3 Å². The van der Waals surface area contributed by atoms with Crippen LogP contribution in [0.1, 0.15) is 17.5 Å². The molecule has 0 aliphatic carbocycles. The molecule has 2 heterocycles. The molecule has 130 valence electrons. The highest BCUT2D eigenvalue weighted by atomic mass is 32.2. The van der Waals surface area contributed by atoms with Gasteiger partial charge in [0.05, 0.1) is 6.54 Å². The van der Waals surface area contributed by atoms with Gasteiger partial charge in [0.1, 0.15) is 0 Å². The van der Waals surface area contributed by atoms with Crippen molar-refractivity contribution in [3.8, 4) is 0 Å². The molecule has 0 saturated heterocycles. The van der Waals surface area contributed by atoms with Crippen LogP contribution in [0, 0.1) is 0 Å². The van der Waals surface area contributed by atoms with Gasteiger partial charge in [-0.15, -0.1) is 5.10 Å². The summed E-state index contributed by atoms with van der Waals surface area (Å²) >= 11 is 1.47. The summed E-state index contributed by atoms with van der Waals surface area (Å²) in [5, 5.41) is 19.0. The third-order valence-corrected chi connectivity index (χ3v) is 4.57. The Bertz CT molecular complexity index is 798. The zero-order valence-corrected chi connectivity index (χ0v) is 14.7. The van der Waals surface area contributed by atoms with Crippen LogP contribution < -0.4 is 5.32 Å². The minimum atomic E-state index is 0.0169. The van der Waals surface area contributed by atoms with E-state index in [0.717, 1.165) is 12.1 Å². The number of aryl methyl sites for hydroxylation is 1. The third kappa shape index (κ3) is 5.15. The molecule has 3 rings (SSSR count). The summed E-state index contributed by atoms with van der Waals surface area (Å²) in [7, 11) is 1.78. The molecule has 9 heteroatoms. The van der Waals surface area contributed by atoms with Crippen molar-refractivity contribution in [2.75, 3.05) is 5.75 Å². The highest BCUT2D eigenvalue weighted by molar-refractivity contribution is 7.99. The highest BCUT2D eigenvalue weighted by Gasteiger charge is 2.06. The van der Waals surface area contributed by atoms with Crippen molar-refractivity contribution in [2.24, 2.45) is 7.05 Å². The zero-order valence-electron chi connectivity index (χ0n) is 13.9. The fourth-order valence-corrected chi connectivity index (χ4v) is 3.00. The summed E-state index contributed by atoms with van der Waals surface area (Å²) in [6, 6.07) is 10.1. The molecule has 25 heavy (non-hydrogen) atoms. The smallest absolute Gasteiger partial charge is 0.221 e. The molecule has 2 aromatic heterocycles. The predicted octanol–water partition coefficient (Wildman–Crippen LogP) is 1.25. The van der Waals surface area contributed by atoms with Gasteiger partial charge in [-0.25, -0.2) is 4.68 Å². The molecule has 0 fully saturated rings. The van der Waals surface area contributed by atoms with E-state index in [-0.39, 0.29) is 5.91 Å². The molecule has 1 amide bonds. The summed E-state index contributed by atoms with van der Waals surface area (Å²) in [4.78, 5) is 11.9. The summed E-state index contributed by atoms with van der Waals surface area (Å²) < 4.78 is 3.47. The van der Waals surface area contributed by atoms with Gasteiger partial charge in [-0.2, -0.15) is 5.10 Å². The first-order valence-corrected chi connectivity index (χ1v) is 8.86. The Hall–Kier alpha value is -2.68. The number of nitrogens with one attached hydrogen (secondary N) is 1. The number of hydrogen-bond acceptors (Lipinski definition) is 6. The van der Waals surface area contributed by atoms with Crippen LogP contribution in [0.15, 0.2) is 47.9 Å². The van der Waals surface area contributed by atoms with Gasteiger partial charge in [-0.1, -0.05) is 36.0 Å². The average molecular weight is 357 g/mol. The molecule has 0 aliphatic rings. The van der Waals surface area contributed by atoms with Crippen LogP contribution in [0.25, 0.3) is 0 Å². The number of benzene rings is 1. The number of hydrogen-bond donors (Lipinski definition) is 1. The Morgan fingerprint density at radius 2 is 2.04 bits per heavy atom. The molecular weight excluding hydrogens is 338 g/mol. The van der Waals surface area contributed by atoms with E-state index >= 15 is 0 Å². The summed E-state index contributed by atoms with van der Waals surface area (Å²) in [6.45, 7) is 1.27. The monoisotopic (exact) mass is 357 g/mol. The highest BCUT2D eigenvalue weighted by Crippen LogP contribution is 2.13. The van der Waals surface area contributed by atoms with Gasteiger partial charge < -0.3 is 5.32 Å². The first-order chi connectivity index (χ1) is 12.2. The van der Waals surface area contributed by atoms with Crippen molar-refractivity contribution in [3.05, 3.63) is 53.9 Å². The first-order valence-electron chi connectivity index (χ1n) is 7.88. The summed E-state index contributed by atoms with van der Waals surface area (Å²) in [6.07, 6.45) is 4.13. The van der Waals surface area contributed by atoms with E-state index < -0.39 is 0 Å². The number of amides is 1. The number of rotatable bonds is 8. The number of aromatic nitrogens is 6. The van der Waals surface area contributed by atoms with Crippen molar-refractivity contribution >= 4 is 17.7 Å². The van der Waals surface area contributed by atoms with E-state index in [1.807, 2.05) is 29.1 Å². The molecule has 0 radical (unpaired) electrons. The maximum absolute atomic E-state index is 11.9. The van der Waals surface area contributed by atoms with Gasteiger partial charge in [-0.05, 0) is 27.6 Å². The van der Waals surface area contributed by atoms with Gasteiger partial charge in [0, 0.05) is 38.2 Å². The Morgan fingerprint density at radius 3 is 2.72 bits per heavy atom. The van der Waals surface area contributed by atoms with E-state index in [4.69, 9.17) is 0 Å². The van der Waals surface area contributed by atoms with Crippen molar-refractivity contribution in [2.45, 2.75) is 24.7 Å². The number of thioether (sulfide) groups is 1. The molecule has 0 spiro atoms. The molecular formula is C16H19N7OS. The minimum absolute atomic E-state index is 0.0169. The van der Waals surface area contributed by atoms with Crippen molar-refractivity contribution < 1.29 is 4.79 Å². The van der Waals surface area contributed by atoms with Crippen LogP contribution in [0.5, 0.6) is 0 Å². The van der Waals surface area contributed by atoms with Gasteiger partial charge in [-0.3, -0.25) is 9.48 Å². The predicted molar refractivity (Wildman–Crippen MR) is 93.8 cm³/mol. The second-order valence-corrected chi connectivity index (χ2v) is 6.54. The molecule has 0 bridgehead atoms. The Morgan fingerprint density at radius 1 is 1.24 bits per heavy atom. The lowest BCUT2D eigenvalue weighted by molar-refractivity contribution is -0.120. The van der Waals surface area contributed by atoms with E-state index in [0.29, 0.717) is 23.9 Å². The SMILES string of the molecule is Cn1nnnc1SCCC(=O)NCc1ccc(Cn2cccn2)cc1. The number of tetrazole rings is 1. The van der Waals surface area contributed by atoms with Crippen LogP contribution in [0.4, 0.5) is 0 Å². The van der Waals surface area contributed by atoms with Gasteiger partial charge in [0.25, 0.3) is 0 Å². The lowest BCUT2D eigenvalue weighted by Crippen LogP contribution is -2.23. The van der Waals surface area contributed by atoms with Crippen LogP contribution in [0.2, 0.25) is 0 Å². The molecule has 0 unspecified atom stereocenters. The van der Waals surface area contributed by atoms with E-state index in [2.05, 4.69) is 38.1 Å². The zero-order chi connectivity index (χ0) is 17.5. The molecule has 0 atom stereocenters. The third-order valence-electron chi connectivity index (χ3n) is 3.56. The van der Waals surface area contributed by atoms with Crippen LogP contribution in [0.3, 0.4) is 0 Å². The second kappa shape index (κ2) is 8.43. The Labute approximate surface area is 149 Å². The quantitative estimate of drug-likeness (QED) is 0.610. The normalized spacial score (nSPS) is 10.8. The fourth-order valence-electron chi connectivity index (χ4n) is 2.21.